The number of esters is 1. The molecule has 0 rings (SSSR count). The van der Waals surface area contributed by atoms with Gasteiger partial charge in [-0.3, -0.25) is 4.79 Å². The predicted molar refractivity (Wildman–Crippen MR) is 49.7 cm³/mol. The largest absolute Gasteiger partial charge is 0.423 e. The number of hydrogen-bond donors (Lipinski definition) is 2. The lowest BCUT2D eigenvalue weighted by atomic mass is 10.4. The van der Waals surface area contributed by atoms with E-state index in [-0.39, 0.29) is 6.42 Å². The molecular weight excluding hydrogens is 204 g/mol. The van der Waals surface area contributed by atoms with Crippen molar-refractivity contribution in [2.24, 2.45) is 5.73 Å². The molecule has 0 saturated carbocycles. The number of carbonyl (C=O) groups is 3. The van der Waals surface area contributed by atoms with Gasteiger partial charge >= 0.3 is 18.1 Å². The highest BCUT2D eigenvalue weighted by molar-refractivity contribution is 5.89. The van der Waals surface area contributed by atoms with E-state index in [2.05, 4.69) is 10.5 Å². The van der Waals surface area contributed by atoms with E-state index >= 15 is 0 Å². The van der Waals surface area contributed by atoms with Crippen LogP contribution >= 0.6 is 0 Å². The second kappa shape index (κ2) is 5.18. The zero-order chi connectivity index (χ0) is 12.1. The van der Waals surface area contributed by atoms with Crippen LogP contribution in [0.5, 0.6) is 0 Å². The number of imide groups is 1. The Balaban J connectivity index is 4.18. The van der Waals surface area contributed by atoms with Gasteiger partial charge in [0.2, 0.25) is 0 Å². The maximum atomic E-state index is 10.9. The highest BCUT2D eigenvalue weighted by Gasteiger charge is 2.27. The molecule has 7 nitrogen and oxygen atoms in total. The van der Waals surface area contributed by atoms with Crippen molar-refractivity contribution in [2.75, 3.05) is 0 Å². The average molecular weight is 218 g/mol. The van der Waals surface area contributed by atoms with Crippen LogP contribution in [0, 0.1) is 0 Å². The molecule has 0 atom stereocenters. The second-order valence-corrected chi connectivity index (χ2v) is 3.11. The van der Waals surface area contributed by atoms with E-state index in [1.165, 1.54) is 13.8 Å². The molecule has 0 aliphatic rings. The van der Waals surface area contributed by atoms with Crippen molar-refractivity contribution in [3.63, 3.8) is 0 Å². The lowest BCUT2D eigenvalue weighted by molar-refractivity contribution is -0.193. The molecule has 0 bridgehead atoms. The smallest absolute Gasteiger partial charge is 0.418 e. The van der Waals surface area contributed by atoms with Crippen molar-refractivity contribution in [3.8, 4) is 0 Å². The third-order valence-corrected chi connectivity index (χ3v) is 1.21. The number of amides is 3. The monoisotopic (exact) mass is 218 g/mol. The predicted octanol–water partition coefficient (Wildman–Crippen LogP) is 0.481. The Morgan fingerprint density at radius 1 is 1.27 bits per heavy atom. The van der Waals surface area contributed by atoms with Crippen LogP contribution in [-0.2, 0) is 14.3 Å². The standard InChI is InChI=1S/C8H14N2O5/c1-4-5(11)14-8(2,3)15-7(13)10-6(9)12/h4H2,1-3H3,(H3,9,10,12,13). The number of nitrogens with one attached hydrogen (secondary N) is 1. The number of hydrogen-bond acceptors (Lipinski definition) is 5. The van der Waals surface area contributed by atoms with Gasteiger partial charge in [0, 0.05) is 20.3 Å². The van der Waals surface area contributed by atoms with Gasteiger partial charge in [0.1, 0.15) is 0 Å². The molecule has 7 heteroatoms. The first-order valence-electron chi connectivity index (χ1n) is 4.28. The molecule has 15 heavy (non-hydrogen) atoms. The maximum Gasteiger partial charge on any atom is 0.418 e. The highest BCUT2D eigenvalue weighted by atomic mass is 16.7. The minimum absolute atomic E-state index is 0.157. The Morgan fingerprint density at radius 2 is 1.80 bits per heavy atom. The topological polar surface area (TPSA) is 108 Å². The number of rotatable bonds is 3. The van der Waals surface area contributed by atoms with Crippen molar-refractivity contribution >= 4 is 18.1 Å². The molecular formula is C8H14N2O5. The number of alkyl carbamates (subject to hydrolysis) is 1. The van der Waals surface area contributed by atoms with Crippen molar-refractivity contribution in [3.05, 3.63) is 0 Å². The fraction of sp³-hybridized carbons (Fsp3) is 0.625. The van der Waals surface area contributed by atoms with E-state index < -0.39 is 23.9 Å². The van der Waals surface area contributed by atoms with Crippen LogP contribution in [0.1, 0.15) is 27.2 Å². The lowest BCUT2D eigenvalue weighted by Gasteiger charge is -2.24. The quantitative estimate of drug-likeness (QED) is 0.529. The van der Waals surface area contributed by atoms with Crippen molar-refractivity contribution in [1.29, 1.82) is 0 Å². The van der Waals surface area contributed by atoms with Gasteiger partial charge in [-0.2, -0.15) is 0 Å². The fourth-order valence-electron chi connectivity index (χ4n) is 0.716. The zero-order valence-electron chi connectivity index (χ0n) is 8.83. The number of urea groups is 1. The van der Waals surface area contributed by atoms with E-state index in [0.717, 1.165) is 0 Å². The van der Waals surface area contributed by atoms with E-state index in [1.807, 2.05) is 0 Å². The molecule has 3 amide bonds. The molecule has 0 aromatic heterocycles. The summed E-state index contributed by atoms with van der Waals surface area (Å²) in [6.45, 7) is 4.32. The molecule has 3 N–H and O–H groups in total. The van der Waals surface area contributed by atoms with Crippen LogP contribution in [0.25, 0.3) is 0 Å². The van der Waals surface area contributed by atoms with Crippen LogP contribution < -0.4 is 11.1 Å². The number of carbonyl (C=O) groups excluding carboxylic acids is 3. The van der Waals surface area contributed by atoms with Crippen molar-refractivity contribution in [2.45, 2.75) is 33.0 Å². The Morgan fingerprint density at radius 3 is 2.20 bits per heavy atom. The summed E-state index contributed by atoms with van der Waals surface area (Å²) < 4.78 is 9.39. The van der Waals surface area contributed by atoms with Crippen LogP contribution in [0.15, 0.2) is 0 Å². The van der Waals surface area contributed by atoms with Gasteiger partial charge in [0.05, 0.1) is 0 Å². The SMILES string of the molecule is CCC(=O)OC(C)(C)OC(=O)NC(N)=O. The summed E-state index contributed by atoms with van der Waals surface area (Å²) in [6.07, 6.45) is -0.916. The summed E-state index contributed by atoms with van der Waals surface area (Å²) in [5.74, 6) is -1.96. The zero-order valence-corrected chi connectivity index (χ0v) is 8.83. The second-order valence-electron chi connectivity index (χ2n) is 3.11. The third kappa shape index (κ3) is 6.30. The molecule has 0 fully saturated rings. The van der Waals surface area contributed by atoms with Crippen molar-refractivity contribution in [1.82, 2.24) is 5.32 Å². The number of primary amides is 1. The highest BCUT2D eigenvalue weighted by Crippen LogP contribution is 2.12. The van der Waals surface area contributed by atoms with Crippen LogP contribution in [0.4, 0.5) is 9.59 Å². The van der Waals surface area contributed by atoms with Gasteiger partial charge in [-0.25, -0.2) is 14.9 Å². The molecule has 0 aromatic carbocycles. The Kier molecular flexibility index (Phi) is 4.56. The first kappa shape index (κ1) is 13.2. The molecule has 86 valence electrons. The minimum atomic E-state index is -1.44. The molecule has 0 unspecified atom stereocenters. The molecule has 0 aliphatic carbocycles. The van der Waals surface area contributed by atoms with Gasteiger partial charge in [-0.05, 0) is 0 Å². The van der Waals surface area contributed by atoms with Crippen LogP contribution in [-0.4, -0.2) is 23.9 Å². The first-order chi connectivity index (χ1) is 6.76. The fourth-order valence-corrected chi connectivity index (χ4v) is 0.716. The first-order valence-corrected chi connectivity index (χ1v) is 4.28. The molecule has 0 aliphatic heterocycles. The van der Waals surface area contributed by atoms with Gasteiger partial charge in [0.25, 0.3) is 5.79 Å². The summed E-state index contributed by atoms with van der Waals surface area (Å²) >= 11 is 0. The lowest BCUT2D eigenvalue weighted by Crippen LogP contribution is -2.42. The van der Waals surface area contributed by atoms with E-state index in [0.29, 0.717) is 0 Å². The van der Waals surface area contributed by atoms with Crippen LogP contribution in [0.3, 0.4) is 0 Å². The van der Waals surface area contributed by atoms with E-state index in [4.69, 9.17) is 4.74 Å². The summed E-state index contributed by atoms with van der Waals surface area (Å²) in [6, 6.07) is -1.04. The number of nitrogens with two attached hydrogens (primary N) is 1. The van der Waals surface area contributed by atoms with E-state index in [1.54, 1.807) is 12.2 Å². The van der Waals surface area contributed by atoms with Gasteiger partial charge < -0.3 is 15.2 Å². The Bertz CT molecular complexity index is 274. The molecule has 0 spiro atoms. The number of ether oxygens (including phenoxy) is 2. The summed E-state index contributed by atoms with van der Waals surface area (Å²) in [4.78, 5) is 32.1. The molecule has 0 radical (unpaired) electrons. The van der Waals surface area contributed by atoms with Gasteiger partial charge in [-0.1, -0.05) is 6.92 Å². The van der Waals surface area contributed by atoms with Gasteiger partial charge in [0.15, 0.2) is 0 Å². The molecule has 0 saturated heterocycles. The summed E-state index contributed by atoms with van der Waals surface area (Å²) in [7, 11) is 0. The minimum Gasteiger partial charge on any atom is -0.423 e. The van der Waals surface area contributed by atoms with Crippen molar-refractivity contribution < 1.29 is 23.9 Å². The average Bonchev–Trinajstić information content (AvgIpc) is 1.99. The van der Waals surface area contributed by atoms with Gasteiger partial charge in [-0.15, -0.1) is 0 Å². The summed E-state index contributed by atoms with van der Waals surface area (Å²) in [5, 5.41) is 1.68. The third-order valence-electron chi connectivity index (χ3n) is 1.21. The van der Waals surface area contributed by atoms with E-state index in [9.17, 15) is 14.4 Å². The molecule has 0 aromatic rings. The summed E-state index contributed by atoms with van der Waals surface area (Å²) in [5.41, 5.74) is 4.68. The van der Waals surface area contributed by atoms with Crippen LogP contribution in [0.2, 0.25) is 0 Å². The Labute approximate surface area is 86.9 Å². The molecule has 0 heterocycles. The normalized spacial score (nSPS) is 10.3. The maximum absolute atomic E-state index is 10.9. The Hall–Kier alpha value is -1.79.